The maximum atomic E-state index is 5.98. The van der Waals surface area contributed by atoms with Crippen LogP contribution in [0.2, 0.25) is 0 Å². The summed E-state index contributed by atoms with van der Waals surface area (Å²) in [5, 5.41) is 3.72. The Bertz CT molecular complexity index is 437. The first-order chi connectivity index (χ1) is 8.67. The van der Waals surface area contributed by atoms with Crippen molar-refractivity contribution in [2.75, 3.05) is 11.9 Å². The van der Waals surface area contributed by atoms with Gasteiger partial charge in [0.2, 0.25) is 0 Å². The molecule has 1 aromatic rings. The van der Waals surface area contributed by atoms with Gasteiger partial charge < -0.3 is 10.1 Å². The highest BCUT2D eigenvalue weighted by Gasteiger charge is 2.42. The first-order valence-electron chi connectivity index (χ1n) is 7.15. The van der Waals surface area contributed by atoms with E-state index < -0.39 is 0 Å². The minimum atomic E-state index is 0.231. The molecule has 2 heteroatoms. The lowest BCUT2D eigenvalue weighted by Gasteiger charge is -2.47. The van der Waals surface area contributed by atoms with E-state index in [-0.39, 0.29) is 5.60 Å². The normalized spacial score (nSPS) is 25.8. The highest BCUT2D eigenvalue weighted by atomic mass is 16.5. The minimum absolute atomic E-state index is 0.231. The SMILES string of the molecule is Cc1ccc(NC2CCOC3(CCC3)C2)c(C)c1. The molecule has 1 aliphatic carbocycles. The van der Waals surface area contributed by atoms with Gasteiger partial charge in [-0.3, -0.25) is 0 Å². The maximum Gasteiger partial charge on any atom is 0.0702 e. The number of hydrogen-bond donors (Lipinski definition) is 1. The summed E-state index contributed by atoms with van der Waals surface area (Å²) in [6, 6.07) is 7.24. The number of hydrogen-bond acceptors (Lipinski definition) is 2. The molecule has 2 aliphatic rings. The predicted octanol–water partition coefficient (Wildman–Crippen LogP) is 3.82. The van der Waals surface area contributed by atoms with Crippen LogP contribution in [0.4, 0.5) is 5.69 Å². The molecular weight excluding hydrogens is 222 g/mol. The summed E-state index contributed by atoms with van der Waals surface area (Å²) in [6.45, 7) is 5.25. The summed E-state index contributed by atoms with van der Waals surface area (Å²) in [5.41, 5.74) is 4.21. The monoisotopic (exact) mass is 245 g/mol. The van der Waals surface area contributed by atoms with Crippen LogP contribution < -0.4 is 5.32 Å². The number of rotatable bonds is 2. The van der Waals surface area contributed by atoms with Gasteiger partial charge in [0, 0.05) is 18.3 Å². The summed E-state index contributed by atoms with van der Waals surface area (Å²) in [5.74, 6) is 0. The van der Waals surface area contributed by atoms with Crippen molar-refractivity contribution in [2.45, 2.75) is 57.6 Å². The summed E-state index contributed by atoms with van der Waals surface area (Å²) in [7, 11) is 0. The molecule has 1 spiro atoms. The van der Waals surface area contributed by atoms with Crippen molar-refractivity contribution < 1.29 is 4.74 Å². The molecule has 1 aromatic carbocycles. The summed E-state index contributed by atoms with van der Waals surface area (Å²) < 4.78 is 5.98. The van der Waals surface area contributed by atoms with Gasteiger partial charge in [0.15, 0.2) is 0 Å². The molecular formula is C16H23NO. The Hall–Kier alpha value is -1.02. The highest BCUT2D eigenvalue weighted by Crippen LogP contribution is 2.42. The van der Waals surface area contributed by atoms with Crippen LogP contribution in [0, 0.1) is 13.8 Å². The molecule has 0 aromatic heterocycles. The van der Waals surface area contributed by atoms with Crippen LogP contribution in [0.25, 0.3) is 0 Å². The first kappa shape index (κ1) is 12.0. The van der Waals surface area contributed by atoms with Crippen LogP contribution in [-0.2, 0) is 4.74 Å². The van der Waals surface area contributed by atoms with Crippen LogP contribution in [0.1, 0.15) is 43.2 Å². The fraction of sp³-hybridized carbons (Fsp3) is 0.625. The second-order valence-electron chi connectivity index (χ2n) is 6.04. The Morgan fingerprint density at radius 2 is 2.11 bits per heavy atom. The van der Waals surface area contributed by atoms with Gasteiger partial charge in [-0.15, -0.1) is 0 Å². The average Bonchev–Trinajstić information content (AvgIpc) is 2.31. The van der Waals surface area contributed by atoms with Crippen molar-refractivity contribution in [1.82, 2.24) is 0 Å². The van der Waals surface area contributed by atoms with Gasteiger partial charge in [-0.05, 0) is 57.6 Å². The lowest BCUT2D eigenvalue weighted by molar-refractivity contribution is -0.130. The van der Waals surface area contributed by atoms with Gasteiger partial charge in [0.05, 0.1) is 5.60 Å². The standard InChI is InChI=1S/C16H23NO/c1-12-4-5-15(13(2)10-12)17-14-6-9-18-16(11-14)7-3-8-16/h4-5,10,14,17H,3,6-9,11H2,1-2H3. The predicted molar refractivity (Wildman–Crippen MR) is 75.1 cm³/mol. The summed E-state index contributed by atoms with van der Waals surface area (Å²) >= 11 is 0. The molecule has 1 N–H and O–H groups in total. The van der Waals surface area contributed by atoms with Crippen LogP contribution in [0.5, 0.6) is 0 Å². The molecule has 2 nitrogen and oxygen atoms in total. The number of benzene rings is 1. The molecule has 1 aliphatic heterocycles. The largest absolute Gasteiger partial charge is 0.382 e. The molecule has 2 fully saturated rings. The van der Waals surface area contributed by atoms with Crippen LogP contribution in [0.3, 0.4) is 0 Å². The van der Waals surface area contributed by atoms with E-state index >= 15 is 0 Å². The van der Waals surface area contributed by atoms with Gasteiger partial charge >= 0.3 is 0 Å². The van der Waals surface area contributed by atoms with Gasteiger partial charge in [-0.1, -0.05) is 17.7 Å². The van der Waals surface area contributed by atoms with E-state index in [1.165, 1.54) is 42.5 Å². The fourth-order valence-electron chi connectivity index (χ4n) is 3.27. The lowest BCUT2D eigenvalue weighted by Crippen LogP contribution is -2.49. The minimum Gasteiger partial charge on any atom is -0.382 e. The van der Waals surface area contributed by atoms with Crippen molar-refractivity contribution >= 4 is 5.69 Å². The average molecular weight is 245 g/mol. The zero-order chi connectivity index (χ0) is 12.6. The summed E-state index contributed by atoms with van der Waals surface area (Å²) in [6.07, 6.45) is 6.18. The van der Waals surface area contributed by atoms with Crippen molar-refractivity contribution in [3.63, 3.8) is 0 Å². The highest BCUT2D eigenvalue weighted by molar-refractivity contribution is 5.52. The number of anilines is 1. The zero-order valence-corrected chi connectivity index (χ0v) is 11.5. The second kappa shape index (κ2) is 4.58. The third kappa shape index (κ3) is 2.26. The van der Waals surface area contributed by atoms with E-state index in [1.807, 2.05) is 0 Å². The van der Waals surface area contributed by atoms with E-state index in [2.05, 4.69) is 37.4 Å². The van der Waals surface area contributed by atoms with Crippen LogP contribution >= 0.6 is 0 Å². The molecule has 98 valence electrons. The van der Waals surface area contributed by atoms with E-state index in [4.69, 9.17) is 4.74 Å². The quantitative estimate of drug-likeness (QED) is 0.855. The lowest BCUT2D eigenvalue weighted by atomic mass is 9.74. The Morgan fingerprint density at radius 1 is 1.28 bits per heavy atom. The molecule has 1 saturated carbocycles. The topological polar surface area (TPSA) is 21.3 Å². The smallest absolute Gasteiger partial charge is 0.0702 e. The molecule has 1 atom stereocenters. The molecule has 1 heterocycles. The molecule has 1 saturated heterocycles. The van der Waals surface area contributed by atoms with Crippen LogP contribution in [0.15, 0.2) is 18.2 Å². The zero-order valence-electron chi connectivity index (χ0n) is 11.5. The molecule has 18 heavy (non-hydrogen) atoms. The van der Waals surface area contributed by atoms with E-state index in [0.717, 1.165) is 13.0 Å². The summed E-state index contributed by atoms with van der Waals surface area (Å²) in [4.78, 5) is 0. The molecule has 0 amide bonds. The third-order valence-corrected chi connectivity index (χ3v) is 4.50. The molecule has 3 rings (SSSR count). The Labute approximate surface area is 110 Å². The third-order valence-electron chi connectivity index (χ3n) is 4.50. The number of nitrogens with one attached hydrogen (secondary N) is 1. The Balaban J connectivity index is 1.68. The molecule has 1 unspecified atom stereocenters. The maximum absolute atomic E-state index is 5.98. The van der Waals surface area contributed by atoms with Gasteiger partial charge in [0.25, 0.3) is 0 Å². The van der Waals surface area contributed by atoms with Crippen LogP contribution in [-0.4, -0.2) is 18.2 Å². The Kier molecular flexibility index (Phi) is 3.06. The van der Waals surface area contributed by atoms with Crippen molar-refractivity contribution in [3.05, 3.63) is 29.3 Å². The first-order valence-corrected chi connectivity index (χ1v) is 7.15. The van der Waals surface area contributed by atoms with Gasteiger partial charge in [-0.2, -0.15) is 0 Å². The van der Waals surface area contributed by atoms with Gasteiger partial charge in [0.1, 0.15) is 0 Å². The van der Waals surface area contributed by atoms with E-state index in [9.17, 15) is 0 Å². The van der Waals surface area contributed by atoms with E-state index in [0.29, 0.717) is 6.04 Å². The number of ether oxygens (including phenoxy) is 1. The second-order valence-corrected chi connectivity index (χ2v) is 6.04. The van der Waals surface area contributed by atoms with E-state index in [1.54, 1.807) is 0 Å². The Morgan fingerprint density at radius 3 is 2.78 bits per heavy atom. The molecule has 0 radical (unpaired) electrons. The van der Waals surface area contributed by atoms with Crippen molar-refractivity contribution in [3.8, 4) is 0 Å². The fourth-order valence-corrected chi connectivity index (χ4v) is 3.27. The van der Waals surface area contributed by atoms with Crippen molar-refractivity contribution in [2.24, 2.45) is 0 Å². The molecule has 0 bridgehead atoms. The van der Waals surface area contributed by atoms with Gasteiger partial charge in [-0.25, -0.2) is 0 Å². The number of aryl methyl sites for hydroxylation is 2. The van der Waals surface area contributed by atoms with Crippen molar-refractivity contribution in [1.29, 1.82) is 0 Å².